The third-order valence-corrected chi connectivity index (χ3v) is 4.03. The van der Waals surface area contributed by atoms with E-state index in [1.54, 1.807) is 24.5 Å². The lowest BCUT2D eigenvalue weighted by molar-refractivity contribution is 0.460. The number of aromatic nitrogens is 2. The lowest BCUT2D eigenvalue weighted by atomic mass is 10.2. The van der Waals surface area contributed by atoms with Crippen molar-refractivity contribution in [3.63, 3.8) is 0 Å². The van der Waals surface area contributed by atoms with E-state index in [2.05, 4.69) is 9.97 Å². The Kier molecular flexibility index (Phi) is 3.48. The van der Waals surface area contributed by atoms with Gasteiger partial charge in [-0.05, 0) is 47.6 Å². The summed E-state index contributed by atoms with van der Waals surface area (Å²) < 4.78 is 24.8. The molecular weight excluding hydrogens is 291 g/mol. The molecule has 4 nitrogen and oxygen atoms in total. The first-order valence-electron chi connectivity index (χ1n) is 6.15. The summed E-state index contributed by atoms with van der Waals surface area (Å²) in [6.45, 7) is 0. The molecule has 1 atom stereocenters. The van der Waals surface area contributed by atoms with Gasteiger partial charge in [-0.3, -0.25) is 0 Å². The predicted octanol–water partition coefficient (Wildman–Crippen LogP) is 2.88. The highest BCUT2D eigenvalue weighted by molar-refractivity contribution is 7.91. The molecule has 2 aromatic carbocycles. The highest BCUT2D eigenvalue weighted by Crippen LogP contribution is 2.29. The molecule has 1 aromatic heterocycles. The molecule has 0 radical (unpaired) electrons. The average Bonchev–Trinajstić information content (AvgIpc) is 2.47. The summed E-state index contributed by atoms with van der Waals surface area (Å²) in [5.41, 5.74) is 1.01. The third kappa shape index (κ3) is 2.55. The molecule has 1 heterocycles. The van der Waals surface area contributed by atoms with Crippen molar-refractivity contribution in [3.05, 3.63) is 48.3 Å². The van der Waals surface area contributed by atoms with Gasteiger partial charge in [0.05, 0.1) is 5.39 Å². The van der Waals surface area contributed by atoms with Crippen molar-refractivity contribution in [2.75, 3.05) is 6.26 Å². The highest BCUT2D eigenvalue weighted by atomic mass is 32.2. The summed E-state index contributed by atoms with van der Waals surface area (Å²) in [4.78, 5) is 8.92. The fourth-order valence-electron chi connectivity index (χ4n) is 2.07. The van der Waals surface area contributed by atoms with Gasteiger partial charge in [0.25, 0.3) is 0 Å². The topological polar surface area (TPSA) is 69.1 Å². The standard InChI is InChI=1S/C15H11FN2O2S/c1-21(20)12-4-2-3-11-13(12)17-14(18-15(11)19)9-5-7-10(16)8-6-9/h2-8H,1H3,(H,17,18,19). The third-order valence-electron chi connectivity index (χ3n) is 3.08. The molecule has 21 heavy (non-hydrogen) atoms. The second-order valence-electron chi connectivity index (χ2n) is 4.48. The minimum absolute atomic E-state index is 0.188. The first-order chi connectivity index (χ1) is 10.1. The van der Waals surface area contributed by atoms with Gasteiger partial charge >= 0.3 is 0 Å². The molecule has 3 aromatic rings. The molecule has 0 aliphatic heterocycles. The maximum atomic E-state index is 13.0. The van der Waals surface area contributed by atoms with Gasteiger partial charge in [0.2, 0.25) is 5.88 Å². The molecule has 106 valence electrons. The van der Waals surface area contributed by atoms with Crippen LogP contribution in [-0.2, 0) is 11.2 Å². The van der Waals surface area contributed by atoms with Gasteiger partial charge < -0.3 is 9.66 Å². The summed E-state index contributed by atoms with van der Waals surface area (Å²) >= 11 is -1.24. The van der Waals surface area contributed by atoms with Crippen LogP contribution < -0.4 is 0 Å². The van der Waals surface area contributed by atoms with Crippen LogP contribution in [0.3, 0.4) is 0 Å². The van der Waals surface area contributed by atoms with Crippen molar-refractivity contribution in [1.29, 1.82) is 0 Å². The number of halogens is 1. The van der Waals surface area contributed by atoms with Crippen LogP contribution in [0.5, 0.6) is 5.88 Å². The molecule has 1 unspecified atom stereocenters. The predicted molar refractivity (Wildman–Crippen MR) is 78.9 cm³/mol. The maximum absolute atomic E-state index is 13.0. The smallest absolute Gasteiger partial charge is 0.222 e. The van der Waals surface area contributed by atoms with Gasteiger partial charge in [-0.15, -0.1) is 0 Å². The van der Waals surface area contributed by atoms with Crippen LogP contribution in [0.4, 0.5) is 4.39 Å². The molecule has 3 rings (SSSR count). The van der Waals surface area contributed by atoms with Crippen LogP contribution >= 0.6 is 0 Å². The van der Waals surface area contributed by atoms with Crippen LogP contribution in [-0.4, -0.2) is 25.9 Å². The van der Waals surface area contributed by atoms with Crippen molar-refractivity contribution >= 4 is 22.1 Å². The van der Waals surface area contributed by atoms with Crippen molar-refractivity contribution < 1.29 is 14.0 Å². The van der Waals surface area contributed by atoms with Crippen molar-refractivity contribution in [2.45, 2.75) is 4.90 Å². The quantitative estimate of drug-likeness (QED) is 0.739. The summed E-state index contributed by atoms with van der Waals surface area (Å²) in [6, 6.07) is 10.7. The second-order valence-corrected chi connectivity index (χ2v) is 5.83. The summed E-state index contributed by atoms with van der Waals surface area (Å²) in [6.07, 6.45) is 1.55. The molecule has 0 saturated carbocycles. The van der Waals surface area contributed by atoms with Gasteiger partial charge in [0.15, 0.2) is 10.7 Å². The van der Waals surface area contributed by atoms with Gasteiger partial charge in [-0.25, -0.2) is 9.37 Å². The monoisotopic (exact) mass is 302 g/mol. The number of para-hydroxylation sites is 1. The lowest BCUT2D eigenvalue weighted by Crippen LogP contribution is -2.01. The summed E-state index contributed by atoms with van der Waals surface area (Å²) in [5, 5.41) is 10.5. The van der Waals surface area contributed by atoms with E-state index < -0.39 is 11.2 Å². The summed E-state index contributed by atoms with van der Waals surface area (Å²) in [5.74, 6) is -0.288. The first-order valence-corrected chi connectivity index (χ1v) is 7.71. The molecule has 0 amide bonds. The van der Waals surface area contributed by atoms with Crippen molar-refractivity contribution in [3.8, 4) is 17.3 Å². The molecule has 0 spiro atoms. The van der Waals surface area contributed by atoms with Crippen molar-refractivity contribution in [1.82, 2.24) is 9.97 Å². The Bertz CT molecular complexity index is 807. The van der Waals surface area contributed by atoms with Crippen LogP contribution in [0, 0.1) is 5.82 Å². The zero-order chi connectivity index (χ0) is 15.0. The number of hydrogen-bond acceptors (Lipinski definition) is 4. The molecule has 1 N–H and O–H groups in total. The van der Waals surface area contributed by atoms with Crippen molar-refractivity contribution in [2.24, 2.45) is 0 Å². The number of rotatable bonds is 2. The Hall–Kier alpha value is -2.18. The van der Waals surface area contributed by atoms with Gasteiger partial charge in [0.1, 0.15) is 17.6 Å². The normalized spacial score (nSPS) is 12.5. The fraction of sp³-hybridized carbons (Fsp3) is 0.0667. The zero-order valence-corrected chi connectivity index (χ0v) is 11.9. The van der Waals surface area contributed by atoms with E-state index in [1.165, 1.54) is 24.3 Å². The number of fused-ring (bicyclic) bond motifs is 1. The second kappa shape index (κ2) is 5.31. The number of nitrogens with zero attached hydrogens (tertiary/aromatic N) is 2. The Morgan fingerprint density at radius 3 is 2.48 bits per heavy atom. The molecule has 6 heteroatoms. The minimum atomic E-state index is -1.24. The maximum Gasteiger partial charge on any atom is 0.222 e. The Morgan fingerprint density at radius 1 is 1.10 bits per heavy atom. The van der Waals surface area contributed by atoms with Gasteiger partial charge in [-0.1, -0.05) is 6.07 Å². The highest BCUT2D eigenvalue weighted by Gasteiger charge is 2.16. The van der Waals surface area contributed by atoms with Crippen LogP contribution in [0.2, 0.25) is 0 Å². The molecule has 0 saturated heterocycles. The largest absolute Gasteiger partial charge is 0.612 e. The van der Waals surface area contributed by atoms with Gasteiger partial charge in [-0.2, -0.15) is 4.98 Å². The Labute approximate surface area is 123 Å². The van der Waals surface area contributed by atoms with E-state index in [1.807, 2.05) is 0 Å². The first kappa shape index (κ1) is 13.8. The van der Waals surface area contributed by atoms with E-state index in [0.29, 0.717) is 21.4 Å². The molecule has 0 fully saturated rings. The van der Waals surface area contributed by atoms with Crippen LogP contribution in [0.1, 0.15) is 0 Å². The summed E-state index contributed by atoms with van der Waals surface area (Å²) in [7, 11) is 0. The molecule has 0 aliphatic carbocycles. The Morgan fingerprint density at radius 2 is 1.81 bits per heavy atom. The van der Waals surface area contributed by atoms with E-state index in [9.17, 15) is 14.0 Å². The van der Waals surface area contributed by atoms with E-state index in [0.717, 1.165) is 0 Å². The minimum Gasteiger partial charge on any atom is -0.612 e. The van der Waals surface area contributed by atoms with E-state index in [-0.39, 0.29) is 17.5 Å². The number of hydrogen-bond donors (Lipinski definition) is 1. The van der Waals surface area contributed by atoms with Crippen LogP contribution in [0.25, 0.3) is 22.3 Å². The van der Waals surface area contributed by atoms with Crippen LogP contribution in [0.15, 0.2) is 47.4 Å². The van der Waals surface area contributed by atoms with E-state index >= 15 is 0 Å². The van der Waals surface area contributed by atoms with E-state index in [4.69, 9.17) is 0 Å². The van der Waals surface area contributed by atoms with Gasteiger partial charge in [0, 0.05) is 5.56 Å². The number of benzene rings is 2. The SMILES string of the molecule is C[S+]([O-])c1cccc2c(O)nc(-c3ccc(F)cc3)nc12. The average molecular weight is 302 g/mol. The number of aromatic hydroxyl groups is 1. The zero-order valence-electron chi connectivity index (χ0n) is 11.1. The molecule has 0 aliphatic rings. The fourth-order valence-corrected chi connectivity index (χ4v) is 2.77. The molecule has 0 bridgehead atoms. The lowest BCUT2D eigenvalue weighted by Gasteiger charge is -2.09. The molecular formula is C15H11FN2O2S. The Balaban J connectivity index is 2.26.